The summed E-state index contributed by atoms with van der Waals surface area (Å²) >= 11 is 0. The predicted octanol–water partition coefficient (Wildman–Crippen LogP) is 1.95. The summed E-state index contributed by atoms with van der Waals surface area (Å²) in [6.07, 6.45) is 0. The highest BCUT2D eigenvalue weighted by Crippen LogP contribution is 2.09. The van der Waals surface area contributed by atoms with Crippen LogP contribution in [0.2, 0.25) is 0 Å². The summed E-state index contributed by atoms with van der Waals surface area (Å²) in [5.74, 6) is 0.969. The molecule has 3 nitrogen and oxygen atoms in total. The molecule has 0 aliphatic heterocycles. The molecule has 0 aliphatic rings. The summed E-state index contributed by atoms with van der Waals surface area (Å²) in [6.45, 7) is 11.1. The maximum atomic E-state index is 11.7. The molecular weight excluding hydrogens is 198 g/mol. The smallest absolute Gasteiger partial charge is 0.212 e. The predicted molar refractivity (Wildman–Crippen MR) is 60.7 cm³/mol. The Morgan fingerprint density at radius 1 is 1.00 bits per heavy atom. The van der Waals surface area contributed by atoms with E-state index in [-0.39, 0.29) is 5.75 Å². The van der Waals surface area contributed by atoms with E-state index in [0.717, 1.165) is 0 Å². The zero-order valence-corrected chi connectivity index (χ0v) is 10.8. The van der Waals surface area contributed by atoms with Crippen LogP contribution in [0.25, 0.3) is 0 Å². The SMILES string of the molecule is CCS(=O)(=O)N(CC(C)C)CC(C)C. The van der Waals surface area contributed by atoms with Gasteiger partial charge in [-0.15, -0.1) is 0 Å². The van der Waals surface area contributed by atoms with Crippen molar-refractivity contribution in [3.8, 4) is 0 Å². The van der Waals surface area contributed by atoms with Gasteiger partial charge in [0.1, 0.15) is 0 Å². The van der Waals surface area contributed by atoms with Crippen LogP contribution in [0.4, 0.5) is 0 Å². The van der Waals surface area contributed by atoms with E-state index in [0.29, 0.717) is 24.9 Å². The average Bonchev–Trinajstić information content (AvgIpc) is 2.01. The Hall–Kier alpha value is -0.0900. The van der Waals surface area contributed by atoms with Gasteiger partial charge in [0.25, 0.3) is 0 Å². The van der Waals surface area contributed by atoms with Crippen molar-refractivity contribution < 1.29 is 8.42 Å². The van der Waals surface area contributed by atoms with Gasteiger partial charge in [-0.1, -0.05) is 27.7 Å². The molecule has 0 rings (SSSR count). The quantitative estimate of drug-likeness (QED) is 0.687. The standard InChI is InChI=1S/C10H23NO2S/c1-6-14(12,13)11(7-9(2)3)8-10(4)5/h9-10H,6-8H2,1-5H3. The Morgan fingerprint density at radius 3 is 1.57 bits per heavy atom. The Morgan fingerprint density at radius 2 is 1.36 bits per heavy atom. The van der Waals surface area contributed by atoms with Gasteiger partial charge in [-0.2, -0.15) is 0 Å². The van der Waals surface area contributed by atoms with Crippen LogP contribution in [0.5, 0.6) is 0 Å². The average molecular weight is 221 g/mol. The van der Waals surface area contributed by atoms with Crippen molar-refractivity contribution >= 4 is 10.0 Å². The number of rotatable bonds is 6. The Bertz CT molecular complexity index is 235. The Balaban J connectivity index is 4.55. The van der Waals surface area contributed by atoms with Crippen LogP contribution < -0.4 is 0 Å². The second-order valence-electron chi connectivity index (χ2n) is 4.51. The maximum absolute atomic E-state index is 11.7. The fraction of sp³-hybridized carbons (Fsp3) is 1.00. The normalized spacial score (nSPS) is 13.1. The third-order valence-corrected chi connectivity index (χ3v) is 3.71. The van der Waals surface area contributed by atoms with Crippen LogP contribution in [0, 0.1) is 11.8 Å². The van der Waals surface area contributed by atoms with Crippen molar-refractivity contribution in [1.29, 1.82) is 0 Å². The van der Waals surface area contributed by atoms with Crippen LogP contribution in [0.3, 0.4) is 0 Å². The lowest BCUT2D eigenvalue weighted by molar-refractivity contribution is 0.334. The lowest BCUT2D eigenvalue weighted by Gasteiger charge is -2.24. The molecule has 0 aromatic rings. The van der Waals surface area contributed by atoms with Crippen LogP contribution in [0.15, 0.2) is 0 Å². The van der Waals surface area contributed by atoms with Gasteiger partial charge in [0.2, 0.25) is 10.0 Å². The summed E-state index contributed by atoms with van der Waals surface area (Å²) in [5.41, 5.74) is 0. The summed E-state index contributed by atoms with van der Waals surface area (Å²) in [7, 11) is -3.02. The minimum atomic E-state index is -3.02. The molecule has 0 aromatic carbocycles. The summed E-state index contributed by atoms with van der Waals surface area (Å²) < 4.78 is 25.0. The molecule has 14 heavy (non-hydrogen) atoms. The fourth-order valence-corrected chi connectivity index (χ4v) is 2.71. The molecule has 86 valence electrons. The van der Waals surface area contributed by atoms with E-state index in [2.05, 4.69) is 0 Å². The molecule has 0 atom stereocenters. The highest BCUT2D eigenvalue weighted by molar-refractivity contribution is 7.89. The number of nitrogens with zero attached hydrogens (tertiary/aromatic N) is 1. The van der Waals surface area contributed by atoms with E-state index in [1.165, 1.54) is 0 Å². The van der Waals surface area contributed by atoms with Gasteiger partial charge in [0.15, 0.2) is 0 Å². The van der Waals surface area contributed by atoms with Crippen LogP contribution >= 0.6 is 0 Å². The molecule has 0 aliphatic carbocycles. The monoisotopic (exact) mass is 221 g/mol. The molecule has 0 fully saturated rings. The highest BCUT2D eigenvalue weighted by atomic mass is 32.2. The van der Waals surface area contributed by atoms with E-state index in [9.17, 15) is 8.42 Å². The summed E-state index contributed by atoms with van der Waals surface area (Å²) in [6, 6.07) is 0. The lowest BCUT2D eigenvalue weighted by atomic mass is 10.2. The van der Waals surface area contributed by atoms with Crippen molar-refractivity contribution in [3.63, 3.8) is 0 Å². The molecule has 0 saturated carbocycles. The topological polar surface area (TPSA) is 37.4 Å². The van der Waals surface area contributed by atoms with Crippen molar-refractivity contribution in [1.82, 2.24) is 4.31 Å². The third-order valence-electron chi connectivity index (χ3n) is 1.90. The molecule has 0 saturated heterocycles. The van der Waals surface area contributed by atoms with Gasteiger partial charge in [-0.3, -0.25) is 0 Å². The van der Waals surface area contributed by atoms with E-state index in [1.54, 1.807) is 11.2 Å². The van der Waals surface area contributed by atoms with E-state index >= 15 is 0 Å². The molecule has 0 amide bonds. The highest BCUT2D eigenvalue weighted by Gasteiger charge is 2.21. The van der Waals surface area contributed by atoms with Crippen LogP contribution in [0.1, 0.15) is 34.6 Å². The first-order chi connectivity index (χ1) is 6.29. The summed E-state index contributed by atoms with van der Waals surface area (Å²) in [5, 5.41) is 0. The first-order valence-electron chi connectivity index (χ1n) is 5.27. The molecule has 0 unspecified atom stereocenters. The number of hydrogen-bond acceptors (Lipinski definition) is 2. The van der Waals surface area contributed by atoms with Crippen LogP contribution in [-0.2, 0) is 10.0 Å². The largest absolute Gasteiger partial charge is 0.213 e. The fourth-order valence-electron chi connectivity index (χ4n) is 1.30. The number of sulfonamides is 1. The molecule has 0 radical (unpaired) electrons. The van der Waals surface area contributed by atoms with E-state index in [1.807, 2.05) is 27.7 Å². The van der Waals surface area contributed by atoms with Crippen LogP contribution in [-0.4, -0.2) is 31.6 Å². The van der Waals surface area contributed by atoms with Gasteiger partial charge in [0, 0.05) is 13.1 Å². The maximum Gasteiger partial charge on any atom is 0.213 e. The van der Waals surface area contributed by atoms with Crippen molar-refractivity contribution in [2.75, 3.05) is 18.8 Å². The van der Waals surface area contributed by atoms with Crippen molar-refractivity contribution in [2.45, 2.75) is 34.6 Å². The van der Waals surface area contributed by atoms with Gasteiger partial charge >= 0.3 is 0 Å². The molecule has 0 spiro atoms. The second kappa shape index (κ2) is 5.71. The minimum absolute atomic E-state index is 0.201. The minimum Gasteiger partial charge on any atom is -0.212 e. The molecule has 0 N–H and O–H groups in total. The zero-order chi connectivity index (χ0) is 11.4. The second-order valence-corrected chi connectivity index (χ2v) is 6.76. The molecule has 0 heterocycles. The summed E-state index contributed by atoms with van der Waals surface area (Å²) in [4.78, 5) is 0. The first-order valence-corrected chi connectivity index (χ1v) is 6.88. The zero-order valence-electron chi connectivity index (χ0n) is 9.95. The molecular formula is C10H23NO2S. The van der Waals surface area contributed by atoms with Gasteiger partial charge in [0.05, 0.1) is 5.75 Å². The molecule has 0 aromatic heterocycles. The first kappa shape index (κ1) is 13.9. The number of hydrogen-bond donors (Lipinski definition) is 0. The van der Waals surface area contributed by atoms with Gasteiger partial charge in [-0.25, -0.2) is 12.7 Å². The lowest BCUT2D eigenvalue weighted by Crippen LogP contribution is -2.37. The Labute approximate surface area is 88.5 Å². The van der Waals surface area contributed by atoms with E-state index < -0.39 is 10.0 Å². The van der Waals surface area contributed by atoms with Gasteiger partial charge < -0.3 is 0 Å². The van der Waals surface area contributed by atoms with Crippen molar-refractivity contribution in [2.24, 2.45) is 11.8 Å². The molecule has 0 bridgehead atoms. The Kier molecular flexibility index (Phi) is 5.67. The van der Waals surface area contributed by atoms with Gasteiger partial charge in [-0.05, 0) is 18.8 Å². The van der Waals surface area contributed by atoms with E-state index in [4.69, 9.17) is 0 Å². The third kappa shape index (κ3) is 4.96. The molecule has 4 heteroatoms. The van der Waals surface area contributed by atoms with Crippen molar-refractivity contribution in [3.05, 3.63) is 0 Å².